The first-order valence-electron chi connectivity index (χ1n) is 7.67. The van der Waals surface area contributed by atoms with Crippen molar-refractivity contribution in [1.29, 1.82) is 0 Å². The minimum Gasteiger partial charge on any atom is -0.478 e. The fourth-order valence-electron chi connectivity index (χ4n) is 3.00. The summed E-state index contributed by atoms with van der Waals surface area (Å²) in [6, 6.07) is 6.74. The Kier molecular flexibility index (Phi) is 5.60. The highest BCUT2D eigenvalue weighted by atomic mass is 16.4. The Balaban J connectivity index is 2.09. The highest BCUT2D eigenvalue weighted by Gasteiger charge is 2.24. The zero-order chi connectivity index (χ0) is 15.9. The first kappa shape index (κ1) is 16.1. The Hall–Kier alpha value is -2.28. The zero-order valence-electron chi connectivity index (χ0n) is 12.6. The van der Waals surface area contributed by atoms with Crippen LogP contribution in [-0.2, 0) is 11.2 Å². The number of carboxylic acids is 1. The van der Waals surface area contributed by atoms with Crippen molar-refractivity contribution in [3.63, 3.8) is 0 Å². The van der Waals surface area contributed by atoms with Crippen LogP contribution in [0.1, 0.15) is 48.0 Å². The van der Waals surface area contributed by atoms with Crippen LogP contribution in [0.2, 0.25) is 0 Å². The van der Waals surface area contributed by atoms with E-state index in [9.17, 15) is 9.59 Å². The van der Waals surface area contributed by atoms with Crippen LogP contribution < -0.4 is 0 Å². The van der Waals surface area contributed by atoms with E-state index in [1.807, 2.05) is 0 Å². The Morgan fingerprint density at radius 1 is 1.27 bits per heavy atom. The summed E-state index contributed by atoms with van der Waals surface area (Å²) in [4.78, 5) is 25.4. The minimum absolute atomic E-state index is 0.0209. The Morgan fingerprint density at radius 3 is 2.64 bits per heavy atom. The van der Waals surface area contributed by atoms with E-state index in [0.29, 0.717) is 12.1 Å². The van der Waals surface area contributed by atoms with Crippen molar-refractivity contribution in [2.45, 2.75) is 44.6 Å². The molecular formula is C18H21NO3. The normalized spacial score (nSPS) is 15.0. The van der Waals surface area contributed by atoms with Crippen LogP contribution in [0.3, 0.4) is 0 Å². The van der Waals surface area contributed by atoms with E-state index in [1.165, 1.54) is 12.5 Å². The predicted molar refractivity (Wildman–Crippen MR) is 84.5 cm³/mol. The van der Waals surface area contributed by atoms with Crippen molar-refractivity contribution < 1.29 is 14.7 Å². The topological polar surface area (TPSA) is 57.6 Å². The number of benzene rings is 1. The minimum atomic E-state index is -0.984. The molecule has 0 radical (unpaired) electrons. The van der Waals surface area contributed by atoms with E-state index >= 15 is 0 Å². The molecule has 4 nitrogen and oxygen atoms in total. The van der Waals surface area contributed by atoms with Gasteiger partial charge in [-0.1, -0.05) is 37.3 Å². The van der Waals surface area contributed by atoms with Crippen LogP contribution in [-0.4, -0.2) is 34.5 Å². The lowest BCUT2D eigenvalue weighted by atomic mass is 9.93. The molecule has 0 heterocycles. The molecule has 2 rings (SSSR count). The van der Waals surface area contributed by atoms with E-state index in [-0.39, 0.29) is 23.9 Å². The SMILES string of the molecule is C#CCN(C(=O)Cc1cccc(C(=O)O)c1)C1CCCCC1. The second-order valence-corrected chi connectivity index (χ2v) is 5.70. The van der Waals surface area contributed by atoms with Crippen molar-refractivity contribution in [3.8, 4) is 12.3 Å². The average Bonchev–Trinajstić information content (AvgIpc) is 2.53. The standard InChI is InChI=1S/C18H21NO3/c1-2-11-19(16-9-4-3-5-10-16)17(20)13-14-7-6-8-15(12-14)18(21)22/h1,6-8,12,16H,3-5,9-11,13H2,(H,21,22). The molecule has 0 bridgehead atoms. The van der Waals surface area contributed by atoms with Crippen molar-refractivity contribution in [2.75, 3.05) is 6.54 Å². The average molecular weight is 299 g/mol. The quantitative estimate of drug-likeness (QED) is 0.851. The third-order valence-electron chi connectivity index (χ3n) is 4.13. The lowest BCUT2D eigenvalue weighted by molar-refractivity contribution is -0.132. The summed E-state index contributed by atoms with van der Waals surface area (Å²) in [5.41, 5.74) is 0.911. The predicted octanol–water partition coefficient (Wildman–Crippen LogP) is 2.72. The van der Waals surface area contributed by atoms with Crippen LogP contribution in [0.5, 0.6) is 0 Å². The van der Waals surface area contributed by atoms with Gasteiger partial charge in [0.2, 0.25) is 5.91 Å². The van der Waals surface area contributed by atoms with Gasteiger partial charge < -0.3 is 10.0 Å². The maximum absolute atomic E-state index is 12.6. The number of carboxylic acid groups (broad SMARTS) is 1. The van der Waals surface area contributed by atoms with Crippen LogP contribution in [0.4, 0.5) is 0 Å². The van der Waals surface area contributed by atoms with Crippen molar-refractivity contribution in [2.24, 2.45) is 0 Å². The van der Waals surface area contributed by atoms with Gasteiger partial charge in [-0.15, -0.1) is 6.42 Å². The van der Waals surface area contributed by atoms with Crippen molar-refractivity contribution >= 4 is 11.9 Å². The molecule has 1 fully saturated rings. The molecule has 0 aromatic heterocycles. The molecule has 1 aromatic carbocycles. The number of hydrogen-bond donors (Lipinski definition) is 1. The molecular weight excluding hydrogens is 278 g/mol. The van der Waals surface area contributed by atoms with Gasteiger partial charge in [0.05, 0.1) is 18.5 Å². The lowest BCUT2D eigenvalue weighted by Crippen LogP contribution is -2.42. The largest absolute Gasteiger partial charge is 0.478 e. The fraction of sp³-hybridized carbons (Fsp3) is 0.444. The molecule has 1 N–H and O–H groups in total. The summed E-state index contributed by atoms with van der Waals surface area (Å²) in [5.74, 6) is 1.57. The van der Waals surface area contributed by atoms with Crippen LogP contribution in [0.15, 0.2) is 24.3 Å². The van der Waals surface area contributed by atoms with Crippen LogP contribution in [0, 0.1) is 12.3 Å². The summed E-state index contributed by atoms with van der Waals surface area (Å²) >= 11 is 0. The third kappa shape index (κ3) is 4.11. The number of carbonyl (C=O) groups excluding carboxylic acids is 1. The Labute approximate surface area is 131 Å². The lowest BCUT2D eigenvalue weighted by Gasteiger charge is -2.33. The highest BCUT2D eigenvalue weighted by Crippen LogP contribution is 2.23. The van der Waals surface area contributed by atoms with Crippen molar-refractivity contribution in [3.05, 3.63) is 35.4 Å². The smallest absolute Gasteiger partial charge is 0.335 e. The van der Waals surface area contributed by atoms with Crippen molar-refractivity contribution in [1.82, 2.24) is 4.90 Å². The Bertz CT molecular complexity index is 582. The Morgan fingerprint density at radius 2 is 2.00 bits per heavy atom. The molecule has 0 atom stereocenters. The zero-order valence-corrected chi connectivity index (χ0v) is 12.6. The molecule has 0 saturated heterocycles. The van der Waals surface area contributed by atoms with Gasteiger partial charge in [0, 0.05) is 6.04 Å². The maximum atomic E-state index is 12.6. The first-order valence-corrected chi connectivity index (χ1v) is 7.67. The van der Waals surface area contributed by atoms with Crippen LogP contribution >= 0.6 is 0 Å². The van der Waals surface area contributed by atoms with Gasteiger partial charge in [-0.05, 0) is 30.5 Å². The van der Waals surface area contributed by atoms with Gasteiger partial charge in [-0.2, -0.15) is 0 Å². The highest BCUT2D eigenvalue weighted by molar-refractivity contribution is 5.88. The number of rotatable bonds is 5. The fourth-order valence-corrected chi connectivity index (χ4v) is 3.00. The number of carbonyl (C=O) groups is 2. The molecule has 1 saturated carbocycles. The second-order valence-electron chi connectivity index (χ2n) is 5.70. The van der Waals surface area contributed by atoms with E-state index < -0.39 is 5.97 Å². The third-order valence-corrected chi connectivity index (χ3v) is 4.13. The number of hydrogen-bond acceptors (Lipinski definition) is 2. The molecule has 0 aliphatic heterocycles. The van der Waals surface area contributed by atoms with Gasteiger partial charge in [0.25, 0.3) is 0 Å². The molecule has 0 spiro atoms. The number of nitrogens with zero attached hydrogens (tertiary/aromatic N) is 1. The number of aromatic carboxylic acids is 1. The molecule has 4 heteroatoms. The molecule has 1 aromatic rings. The summed E-state index contributed by atoms with van der Waals surface area (Å²) < 4.78 is 0. The molecule has 1 aliphatic rings. The molecule has 1 amide bonds. The van der Waals surface area contributed by atoms with Gasteiger partial charge in [-0.3, -0.25) is 4.79 Å². The summed E-state index contributed by atoms with van der Waals surface area (Å²) in [5, 5.41) is 9.02. The summed E-state index contributed by atoms with van der Waals surface area (Å²) in [6.07, 6.45) is 11.1. The van der Waals surface area contributed by atoms with Gasteiger partial charge in [0.1, 0.15) is 0 Å². The molecule has 0 unspecified atom stereocenters. The molecule has 116 valence electrons. The maximum Gasteiger partial charge on any atom is 0.335 e. The first-order chi connectivity index (χ1) is 10.6. The molecule has 1 aliphatic carbocycles. The van der Waals surface area contributed by atoms with Gasteiger partial charge >= 0.3 is 5.97 Å². The van der Waals surface area contributed by atoms with Gasteiger partial charge in [0.15, 0.2) is 0 Å². The number of amides is 1. The van der Waals surface area contributed by atoms with E-state index in [2.05, 4.69) is 5.92 Å². The van der Waals surface area contributed by atoms with Crippen LogP contribution in [0.25, 0.3) is 0 Å². The summed E-state index contributed by atoms with van der Waals surface area (Å²) in [6.45, 7) is 0.322. The monoisotopic (exact) mass is 299 g/mol. The second kappa shape index (κ2) is 7.65. The van der Waals surface area contributed by atoms with E-state index in [4.69, 9.17) is 11.5 Å². The van der Waals surface area contributed by atoms with Gasteiger partial charge in [-0.25, -0.2) is 4.79 Å². The van der Waals surface area contributed by atoms with E-state index in [0.717, 1.165) is 25.7 Å². The molecule has 22 heavy (non-hydrogen) atoms. The van der Waals surface area contributed by atoms with E-state index in [1.54, 1.807) is 23.1 Å². The summed E-state index contributed by atoms with van der Waals surface area (Å²) in [7, 11) is 0. The number of terminal acetylenes is 1.